The minimum atomic E-state index is -0.513. The summed E-state index contributed by atoms with van der Waals surface area (Å²) >= 11 is 0. The van der Waals surface area contributed by atoms with Crippen LogP contribution >= 0.6 is 0 Å². The van der Waals surface area contributed by atoms with Gasteiger partial charge in [0.1, 0.15) is 5.75 Å². The molecule has 0 fully saturated rings. The van der Waals surface area contributed by atoms with Gasteiger partial charge < -0.3 is 21.1 Å². The summed E-state index contributed by atoms with van der Waals surface area (Å²) in [6.07, 6.45) is 0. The zero-order valence-corrected chi connectivity index (χ0v) is 14.5. The second kappa shape index (κ2) is 8.53. The van der Waals surface area contributed by atoms with Gasteiger partial charge in [0, 0.05) is 22.6 Å². The Kier molecular flexibility index (Phi) is 5.69. The maximum Gasteiger partial charge on any atom is 0.262 e. The highest BCUT2D eigenvalue weighted by molar-refractivity contribution is 5.95. The first-order valence-electron chi connectivity index (χ1n) is 8.35. The predicted octanol–water partition coefficient (Wildman–Crippen LogP) is 3.55. The number of carbonyl (C=O) groups is 2. The van der Waals surface area contributed by atoms with Crippen molar-refractivity contribution in [3.8, 4) is 5.75 Å². The van der Waals surface area contributed by atoms with Crippen LogP contribution in [0, 0.1) is 0 Å². The van der Waals surface area contributed by atoms with E-state index in [-0.39, 0.29) is 12.5 Å². The Labute approximate surface area is 157 Å². The summed E-state index contributed by atoms with van der Waals surface area (Å²) in [6.45, 7) is -0.122. The third-order valence-electron chi connectivity index (χ3n) is 3.74. The fourth-order valence-corrected chi connectivity index (χ4v) is 2.39. The highest BCUT2D eigenvalue weighted by Gasteiger charge is 2.05. The van der Waals surface area contributed by atoms with Crippen LogP contribution in [0.4, 0.5) is 17.1 Å². The molecule has 0 aliphatic heterocycles. The van der Waals surface area contributed by atoms with E-state index in [0.717, 1.165) is 11.4 Å². The normalized spacial score (nSPS) is 10.1. The molecule has 0 aliphatic rings. The lowest BCUT2D eigenvalue weighted by Crippen LogP contribution is -2.20. The number of rotatable bonds is 7. The van der Waals surface area contributed by atoms with E-state index in [1.54, 1.807) is 36.4 Å². The Bertz CT molecular complexity index is 908. The molecule has 27 heavy (non-hydrogen) atoms. The zero-order chi connectivity index (χ0) is 19.1. The van der Waals surface area contributed by atoms with Crippen molar-refractivity contribution >= 4 is 28.9 Å². The fraction of sp³-hybridized carbons (Fsp3) is 0.0476. The number of hydrogen-bond donors (Lipinski definition) is 3. The molecule has 0 heterocycles. The van der Waals surface area contributed by atoms with Crippen LogP contribution in [-0.4, -0.2) is 18.4 Å². The predicted molar refractivity (Wildman–Crippen MR) is 105 cm³/mol. The Morgan fingerprint density at radius 3 is 2.00 bits per heavy atom. The molecule has 3 rings (SSSR count). The Morgan fingerprint density at radius 1 is 0.778 bits per heavy atom. The lowest BCUT2D eigenvalue weighted by molar-refractivity contribution is -0.118. The molecule has 0 atom stereocenters. The Morgan fingerprint density at radius 2 is 1.37 bits per heavy atom. The van der Waals surface area contributed by atoms with Crippen LogP contribution in [0.2, 0.25) is 0 Å². The van der Waals surface area contributed by atoms with E-state index in [1.165, 1.54) is 0 Å². The van der Waals surface area contributed by atoms with E-state index < -0.39 is 5.91 Å². The molecule has 0 saturated heterocycles. The monoisotopic (exact) mass is 361 g/mol. The van der Waals surface area contributed by atoms with Gasteiger partial charge in [-0.2, -0.15) is 0 Å². The van der Waals surface area contributed by atoms with Crippen molar-refractivity contribution in [2.45, 2.75) is 0 Å². The average Bonchev–Trinajstić information content (AvgIpc) is 2.69. The molecule has 136 valence electrons. The molecular formula is C21H19N3O3. The van der Waals surface area contributed by atoms with Gasteiger partial charge in [0.05, 0.1) is 0 Å². The number of nitrogens with two attached hydrogens (primary N) is 1. The molecule has 4 N–H and O–H groups in total. The molecular weight excluding hydrogens is 342 g/mol. The smallest absolute Gasteiger partial charge is 0.262 e. The van der Waals surface area contributed by atoms with Crippen LogP contribution < -0.4 is 21.1 Å². The summed E-state index contributed by atoms with van der Waals surface area (Å²) in [6, 6.07) is 23.5. The van der Waals surface area contributed by atoms with Gasteiger partial charge in [-0.15, -0.1) is 0 Å². The van der Waals surface area contributed by atoms with Gasteiger partial charge in [0.25, 0.3) is 5.91 Å². The van der Waals surface area contributed by atoms with Gasteiger partial charge in [-0.25, -0.2) is 0 Å². The molecule has 0 aromatic heterocycles. The second-order valence-electron chi connectivity index (χ2n) is 5.79. The molecule has 0 bridgehead atoms. The number of anilines is 3. The number of ether oxygens (including phenoxy) is 1. The highest BCUT2D eigenvalue weighted by Crippen LogP contribution is 2.20. The number of para-hydroxylation sites is 1. The lowest BCUT2D eigenvalue weighted by Gasteiger charge is -2.09. The van der Waals surface area contributed by atoms with Crippen LogP contribution in [0.25, 0.3) is 0 Å². The molecule has 0 saturated carbocycles. The largest absolute Gasteiger partial charge is 0.484 e. The van der Waals surface area contributed by atoms with E-state index in [4.69, 9.17) is 10.5 Å². The van der Waals surface area contributed by atoms with Crippen molar-refractivity contribution in [3.05, 3.63) is 84.4 Å². The average molecular weight is 361 g/mol. The maximum atomic E-state index is 12.0. The number of hydrogen-bond acceptors (Lipinski definition) is 4. The van der Waals surface area contributed by atoms with Gasteiger partial charge in [-0.05, 0) is 60.7 Å². The molecule has 2 amide bonds. The topological polar surface area (TPSA) is 93.5 Å². The summed E-state index contributed by atoms with van der Waals surface area (Å²) in [5.41, 5.74) is 8.05. The van der Waals surface area contributed by atoms with Crippen LogP contribution in [0.5, 0.6) is 5.75 Å². The Balaban J connectivity index is 1.49. The van der Waals surface area contributed by atoms with Gasteiger partial charge >= 0.3 is 0 Å². The van der Waals surface area contributed by atoms with Gasteiger partial charge in [-0.3, -0.25) is 9.59 Å². The fourth-order valence-electron chi connectivity index (χ4n) is 2.39. The first kappa shape index (κ1) is 18.0. The van der Waals surface area contributed by atoms with Crippen molar-refractivity contribution < 1.29 is 14.3 Å². The molecule has 6 nitrogen and oxygen atoms in total. The number of benzene rings is 3. The summed E-state index contributed by atoms with van der Waals surface area (Å²) in [7, 11) is 0. The van der Waals surface area contributed by atoms with Crippen LogP contribution in [0.3, 0.4) is 0 Å². The molecule has 0 spiro atoms. The first-order valence-corrected chi connectivity index (χ1v) is 8.35. The Hall–Kier alpha value is -3.80. The van der Waals surface area contributed by atoms with E-state index in [9.17, 15) is 9.59 Å². The van der Waals surface area contributed by atoms with E-state index in [2.05, 4.69) is 10.6 Å². The molecule has 0 radical (unpaired) electrons. The maximum absolute atomic E-state index is 12.0. The number of primary amides is 1. The zero-order valence-electron chi connectivity index (χ0n) is 14.5. The number of carbonyl (C=O) groups excluding carboxylic acids is 2. The molecule has 0 unspecified atom stereocenters. The van der Waals surface area contributed by atoms with E-state index in [0.29, 0.717) is 17.0 Å². The van der Waals surface area contributed by atoms with Crippen molar-refractivity contribution in [1.82, 2.24) is 0 Å². The molecule has 6 heteroatoms. The second-order valence-corrected chi connectivity index (χ2v) is 5.79. The van der Waals surface area contributed by atoms with Crippen LogP contribution in [-0.2, 0) is 4.79 Å². The van der Waals surface area contributed by atoms with Crippen molar-refractivity contribution in [2.24, 2.45) is 5.73 Å². The van der Waals surface area contributed by atoms with Gasteiger partial charge in [-0.1, -0.05) is 18.2 Å². The van der Waals surface area contributed by atoms with Crippen LogP contribution in [0.1, 0.15) is 10.4 Å². The molecule has 0 aliphatic carbocycles. The van der Waals surface area contributed by atoms with E-state index >= 15 is 0 Å². The highest BCUT2D eigenvalue weighted by atomic mass is 16.5. The standard InChI is InChI=1S/C21H19N3O3/c22-21(26)15-6-8-18(9-7-15)24-20(25)14-27-19-12-10-17(11-13-19)23-16-4-2-1-3-5-16/h1-13,23H,14H2,(H2,22,26)(H,24,25). The van der Waals surface area contributed by atoms with Gasteiger partial charge in [0.2, 0.25) is 5.91 Å². The summed E-state index contributed by atoms with van der Waals surface area (Å²) < 4.78 is 5.49. The lowest BCUT2D eigenvalue weighted by atomic mass is 10.2. The van der Waals surface area contributed by atoms with Crippen molar-refractivity contribution in [3.63, 3.8) is 0 Å². The van der Waals surface area contributed by atoms with Crippen LogP contribution in [0.15, 0.2) is 78.9 Å². The van der Waals surface area contributed by atoms with Crippen molar-refractivity contribution in [2.75, 3.05) is 17.2 Å². The van der Waals surface area contributed by atoms with E-state index in [1.807, 2.05) is 42.5 Å². The first-order chi connectivity index (χ1) is 13.1. The summed E-state index contributed by atoms with van der Waals surface area (Å²) in [5, 5.41) is 5.97. The summed E-state index contributed by atoms with van der Waals surface area (Å²) in [5.74, 6) is -0.220. The third-order valence-corrected chi connectivity index (χ3v) is 3.74. The number of nitrogens with one attached hydrogen (secondary N) is 2. The quantitative estimate of drug-likeness (QED) is 0.600. The van der Waals surface area contributed by atoms with Crippen molar-refractivity contribution in [1.29, 1.82) is 0 Å². The number of amides is 2. The minimum absolute atomic E-state index is 0.122. The minimum Gasteiger partial charge on any atom is -0.484 e. The summed E-state index contributed by atoms with van der Waals surface area (Å²) in [4.78, 5) is 23.0. The molecule has 3 aromatic rings. The third kappa shape index (κ3) is 5.34. The molecule has 3 aromatic carbocycles. The SMILES string of the molecule is NC(=O)c1ccc(NC(=O)COc2ccc(Nc3ccccc3)cc2)cc1. The van der Waals surface area contributed by atoms with Gasteiger partial charge in [0.15, 0.2) is 6.61 Å².